The van der Waals surface area contributed by atoms with E-state index in [2.05, 4.69) is 10.6 Å². The molecule has 1 rings (SSSR count). The van der Waals surface area contributed by atoms with Gasteiger partial charge >= 0.3 is 0 Å². The quantitative estimate of drug-likeness (QED) is 0.672. The lowest BCUT2D eigenvalue weighted by Crippen LogP contribution is -2.59. The summed E-state index contributed by atoms with van der Waals surface area (Å²) in [5, 5.41) is 5.74. The van der Waals surface area contributed by atoms with Crippen LogP contribution in [-0.2, 0) is 14.4 Å². The zero-order valence-corrected chi connectivity index (χ0v) is 11.4. The van der Waals surface area contributed by atoms with E-state index >= 15 is 0 Å². The highest BCUT2D eigenvalue weighted by atomic mass is 16.2. The number of rotatable bonds is 4. The molecule has 3 amide bonds. The van der Waals surface area contributed by atoms with E-state index in [1.807, 2.05) is 6.92 Å². The summed E-state index contributed by atoms with van der Waals surface area (Å²) in [5.41, 5.74) is -0.727. The van der Waals surface area contributed by atoms with Crippen LogP contribution in [0.2, 0.25) is 0 Å². The van der Waals surface area contributed by atoms with Gasteiger partial charge < -0.3 is 10.6 Å². The second kappa shape index (κ2) is 5.48. The van der Waals surface area contributed by atoms with Crippen molar-refractivity contribution in [2.45, 2.75) is 45.2 Å². The van der Waals surface area contributed by atoms with Crippen molar-refractivity contribution in [1.29, 1.82) is 0 Å². The monoisotopic (exact) mass is 255 g/mol. The molecule has 0 spiro atoms. The Kier molecular flexibility index (Phi) is 4.45. The van der Waals surface area contributed by atoms with Gasteiger partial charge in [-0.3, -0.25) is 19.3 Å². The minimum absolute atomic E-state index is 0.198. The summed E-state index contributed by atoms with van der Waals surface area (Å²) in [6, 6.07) is -0.599. The van der Waals surface area contributed by atoms with Crippen LogP contribution >= 0.6 is 0 Å². The van der Waals surface area contributed by atoms with Crippen molar-refractivity contribution in [3.8, 4) is 0 Å². The maximum absolute atomic E-state index is 12.0. The summed E-state index contributed by atoms with van der Waals surface area (Å²) in [6.45, 7) is 6.09. The molecule has 2 N–H and O–H groups in total. The maximum atomic E-state index is 12.0. The number of carbonyl (C=O) groups excluding carboxylic acids is 3. The smallest absolute Gasteiger partial charge is 0.251 e. The third-order valence-corrected chi connectivity index (χ3v) is 3.14. The van der Waals surface area contributed by atoms with Gasteiger partial charge in [0.2, 0.25) is 11.8 Å². The van der Waals surface area contributed by atoms with Gasteiger partial charge in [0, 0.05) is 13.5 Å². The average Bonchev–Trinajstić information content (AvgIpc) is 2.29. The average molecular weight is 255 g/mol. The molecule has 18 heavy (non-hydrogen) atoms. The van der Waals surface area contributed by atoms with E-state index in [9.17, 15) is 14.4 Å². The zero-order valence-electron chi connectivity index (χ0n) is 11.4. The van der Waals surface area contributed by atoms with Crippen LogP contribution in [0, 0.1) is 0 Å². The third kappa shape index (κ3) is 3.07. The Hall–Kier alpha value is -1.43. The van der Waals surface area contributed by atoms with Crippen LogP contribution in [0.3, 0.4) is 0 Å². The summed E-state index contributed by atoms with van der Waals surface area (Å²) in [5.74, 6) is -0.770. The number of amides is 3. The van der Waals surface area contributed by atoms with Crippen molar-refractivity contribution in [1.82, 2.24) is 15.5 Å². The molecular weight excluding hydrogens is 234 g/mol. The first-order valence-electron chi connectivity index (χ1n) is 6.16. The standard InChI is InChI=1S/C12H21N3O3/c1-5-13-12(2,3)11(18)14-8-6-7-9(16)15(4)10(8)17/h8,13H,5-7H2,1-4H3,(H,14,18). The van der Waals surface area contributed by atoms with Crippen molar-refractivity contribution in [2.75, 3.05) is 13.6 Å². The molecule has 0 aromatic heterocycles. The molecule has 102 valence electrons. The lowest BCUT2D eigenvalue weighted by Gasteiger charge is -2.31. The highest BCUT2D eigenvalue weighted by molar-refractivity contribution is 6.02. The molecule has 0 aliphatic carbocycles. The molecule has 0 aromatic carbocycles. The van der Waals surface area contributed by atoms with Crippen LogP contribution in [-0.4, -0.2) is 47.8 Å². The van der Waals surface area contributed by atoms with E-state index in [4.69, 9.17) is 0 Å². The van der Waals surface area contributed by atoms with Crippen LogP contribution in [0.1, 0.15) is 33.6 Å². The van der Waals surface area contributed by atoms with Gasteiger partial charge in [-0.05, 0) is 26.8 Å². The highest BCUT2D eigenvalue weighted by Crippen LogP contribution is 2.12. The van der Waals surface area contributed by atoms with Gasteiger partial charge in [0.25, 0.3) is 5.91 Å². The number of imide groups is 1. The molecule has 1 unspecified atom stereocenters. The van der Waals surface area contributed by atoms with Gasteiger partial charge in [-0.1, -0.05) is 6.92 Å². The van der Waals surface area contributed by atoms with E-state index in [1.165, 1.54) is 7.05 Å². The molecule has 1 aliphatic heterocycles. The van der Waals surface area contributed by atoms with Crippen molar-refractivity contribution in [3.63, 3.8) is 0 Å². The van der Waals surface area contributed by atoms with Gasteiger partial charge in [-0.2, -0.15) is 0 Å². The fraction of sp³-hybridized carbons (Fsp3) is 0.750. The fourth-order valence-corrected chi connectivity index (χ4v) is 1.91. The molecule has 1 atom stereocenters. The Morgan fingerprint density at radius 3 is 2.61 bits per heavy atom. The molecule has 1 aliphatic rings. The predicted molar refractivity (Wildman–Crippen MR) is 66.7 cm³/mol. The highest BCUT2D eigenvalue weighted by Gasteiger charge is 2.35. The minimum atomic E-state index is -0.727. The van der Waals surface area contributed by atoms with Gasteiger partial charge in [-0.25, -0.2) is 0 Å². The lowest BCUT2D eigenvalue weighted by atomic mass is 10.0. The Morgan fingerprint density at radius 1 is 1.44 bits per heavy atom. The van der Waals surface area contributed by atoms with Gasteiger partial charge in [0.05, 0.1) is 5.54 Å². The van der Waals surface area contributed by atoms with Gasteiger partial charge in [-0.15, -0.1) is 0 Å². The molecule has 0 saturated carbocycles. The third-order valence-electron chi connectivity index (χ3n) is 3.14. The van der Waals surface area contributed by atoms with Crippen LogP contribution in [0.4, 0.5) is 0 Å². The topological polar surface area (TPSA) is 78.5 Å². The molecule has 1 heterocycles. The summed E-state index contributed by atoms with van der Waals surface area (Å²) >= 11 is 0. The van der Waals surface area contributed by atoms with Crippen molar-refractivity contribution >= 4 is 17.7 Å². The van der Waals surface area contributed by atoms with Crippen molar-refractivity contribution < 1.29 is 14.4 Å². The minimum Gasteiger partial charge on any atom is -0.343 e. The van der Waals surface area contributed by atoms with E-state index in [-0.39, 0.29) is 24.1 Å². The summed E-state index contributed by atoms with van der Waals surface area (Å²) in [6.07, 6.45) is 0.658. The van der Waals surface area contributed by atoms with E-state index in [0.29, 0.717) is 13.0 Å². The Labute approximate surface area is 107 Å². The first kappa shape index (κ1) is 14.6. The number of likely N-dealkylation sites (N-methyl/N-ethyl adjacent to an activating group) is 2. The molecule has 6 heteroatoms. The number of piperidine rings is 1. The van der Waals surface area contributed by atoms with Crippen LogP contribution < -0.4 is 10.6 Å². The molecule has 1 saturated heterocycles. The summed E-state index contributed by atoms with van der Waals surface area (Å²) in [4.78, 5) is 36.2. The summed E-state index contributed by atoms with van der Waals surface area (Å²) < 4.78 is 0. The Bertz CT molecular complexity index is 366. The number of hydrogen-bond donors (Lipinski definition) is 2. The van der Waals surface area contributed by atoms with Crippen molar-refractivity contribution in [2.24, 2.45) is 0 Å². The van der Waals surface area contributed by atoms with E-state index in [0.717, 1.165) is 4.90 Å². The predicted octanol–water partition coefficient (Wildman–Crippen LogP) is -0.362. The Balaban J connectivity index is 2.65. The Morgan fingerprint density at radius 2 is 2.06 bits per heavy atom. The number of nitrogens with zero attached hydrogens (tertiary/aromatic N) is 1. The normalized spacial score (nSPS) is 21.1. The fourth-order valence-electron chi connectivity index (χ4n) is 1.91. The largest absolute Gasteiger partial charge is 0.343 e. The second-order valence-electron chi connectivity index (χ2n) is 5.01. The van der Waals surface area contributed by atoms with Crippen molar-refractivity contribution in [3.05, 3.63) is 0 Å². The second-order valence-corrected chi connectivity index (χ2v) is 5.01. The molecule has 0 radical (unpaired) electrons. The molecule has 1 fully saturated rings. The SMILES string of the molecule is CCNC(C)(C)C(=O)NC1CCC(=O)N(C)C1=O. The first-order valence-corrected chi connectivity index (χ1v) is 6.16. The summed E-state index contributed by atoms with van der Waals surface area (Å²) in [7, 11) is 1.44. The zero-order chi connectivity index (χ0) is 13.9. The number of carbonyl (C=O) groups is 3. The molecule has 0 bridgehead atoms. The molecule has 0 aromatic rings. The number of nitrogens with one attached hydrogen (secondary N) is 2. The lowest BCUT2D eigenvalue weighted by molar-refractivity contribution is -0.149. The molecular formula is C12H21N3O3. The van der Waals surface area contributed by atoms with Crippen LogP contribution in [0.25, 0.3) is 0 Å². The van der Waals surface area contributed by atoms with E-state index < -0.39 is 11.6 Å². The number of likely N-dealkylation sites (tertiary alicyclic amines) is 1. The van der Waals surface area contributed by atoms with Gasteiger partial charge in [0.15, 0.2) is 0 Å². The van der Waals surface area contributed by atoms with E-state index in [1.54, 1.807) is 13.8 Å². The number of hydrogen-bond acceptors (Lipinski definition) is 4. The van der Waals surface area contributed by atoms with Gasteiger partial charge in [0.1, 0.15) is 6.04 Å². The first-order chi connectivity index (χ1) is 8.29. The van der Waals surface area contributed by atoms with Crippen LogP contribution in [0.5, 0.6) is 0 Å². The molecule has 6 nitrogen and oxygen atoms in total. The maximum Gasteiger partial charge on any atom is 0.251 e. The van der Waals surface area contributed by atoms with Crippen LogP contribution in [0.15, 0.2) is 0 Å².